The van der Waals surface area contributed by atoms with Crippen LogP contribution < -0.4 is 0 Å². The summed E-state index contributed by atoms with van der Waals surface area (Å²) in [6.45, 7) is 3.12. The molecule has 0 aliphatic heterocycles. The van der Waals surface area contributed by atoms with Gasteiger partial charge in [-0.05, 0) is 25.5 Å². The van der Waals surface area contributed by atoms with Crippen molar-refractivity contribution in [1.29, 1.82) is 0 Å². The maximum atomic E-state index is 11.3. The lowest BCUT2D eigenvalue weighted by molar-refractivity contribution is 0.0688. The van der Waals surface area contributed by atoms with Gasteiger partial charge in [-0.15, -0.1) is 0 Å². The zero-order valence-electron chi connectivity index (χ0n) is 8.10. The highest BCUT2D eigenvalue weighted by molar-refractivity contribution is 7.89. The van der Waals surface area contributed by atoms with Crippen LogP contribution in [0.25, 0.3) is 0 Å². The van der Waals surface area contributed by atoms with Gasteiger partial charge in [-0.3, -0.25) is 0 Å². The predicted molar refractivity (Wildman–Crippen MR) is 51.1 cm³/mol. The van der Waals surface area contributed by atoms with Gasteiger partial charge in [0, 0.05) is 5.69 Å². The van der Waals surface area contributed by atoms with Gasteiger partial charge in [0.15, 0.2) is 0 Å². The lowest BCUT2D eigenvalue weighted by Crippen LogP contribution is -2.18. The highest BCUT2D eigenvalue weighted by Crippen LogP contribution is 2.16. The third kappa shape index (κ3) is 1.65. The first-order chi connectivity index (χ1) is 6.25. The summed E-state index contributed by atoms with van der Waals surface area (Å²) in [6.07, 6.45) is 0.978. The number of carboxylic acid groups (broad SMARTS) is 1. The zero-order valence-corrected chi connectivity index (χ0v) is 8.92. The fourth-order valence-electron chi connectivity index (χ4n) is 1.46. The summed E-state index contributed by atoms with van der Waals surface area (Å²) >= 11 is 0. The molecular weight excluding hydrogens is 206 g/mol. The lowest BCUT2D eigenvalue weighted by Gasteiger charge is -2.05. The molecule has 0 spiro atoms. The molecule has 0 saturated carbocycles. The Labute approximate surface area is 82.0 Å². The van der Waals surface area contributed by atoms with Gasteiger partial charge in [-0.1, -0.05) is 0 Å². The number of nitrogens with zero attached hydrogens (tertiary/aromatic N) is 1. The van der Waals surface area contributed by atoms with Crippen LogP contribution >= 0.6 is 0 Å². The first-order valence-electron chi connectivity index (χ1n) is 3.88. The molecule has 1 rings (SSSR count). The number of hydrogen-bond donors (Lipinski definition) is 1. The van der Waals surface area contributed by atoms with Gasteiger partial charge in [-0.25, -0.2) is 17.2 Å². The monoisotopic (exact) mass is 217 g/mol. The van der Waals surface area contributed by atoms with E-state index in [2.05, 4.69) is 0 Å². The van der Waals surface area contributed by atoms with Gasteiger partial charge in [0.05, 0.1) is 6.26 Å². The van der Waals surface area contributed by atoms with E-state index < -0.39 is 16.0 Å². The summed E-state index contributed by atoms with van der Waals surface area (Å²) in [7, 11) is -3.55. The van der Waals surface area contributed by atoms with Gasteiger partial charge < -0.3 is 5.11 Å². The maximum Gasteiger partial charge on any atom is 0.353 e. The fraction of sp³-hybridized carbons (Fsp3) is 0.375. The van der Waals surface area contributed by atoms with Crippen LogP contribution in [0.4, 0.5) is 0 Å². The summed E-state index contributed by atoms with van der Waals surface area (Å²) in [5, 5.41) is 8.84. The summed E-state index contributed by atoms with van der Waals surface area (Å²) in [5.74, 6) is -1.24. The Bertz CT molecular complexity index is 484. The average molecular weight is 217 g/mol. The van der Waals surface area contributed by atoms with Gasteiger partial charge in [0.25, 0.3) is 0 Å². The van der Waals surface area contributed by atoms with Crippen LogP contribution in [0.5, 0.6) is 0 Å². The minimum Gasteiger partial charge on any atom is -0.477 e. The third-order valence-corrected chi connectivity index (χ3v) is 2.99. The first kappa shape index (κ1) is 10.8. The molecule has 0 aliphatic rings. The average Bonchev–Trinajstić information content (AvgIpc) is 2.23. The van der Waals surface area contributed by atoms with Crippen LogP contribution in [0, 0.1) is 13.8 Å². The molecule has 14 heavy (non-hydrogen) atoms. The van der Waals surface area contributed by atoms with E-state index in [0.717, 1.165) is 10.2 Å². The molecule has 6 heteroatoms. The van der Waals surface area contributed by atoms with Crippen molar-refractivity contribution in [3.8, 4) is 0 Å². The molecule has 1 aromatic heterocycles. The van der Waals surface area contributed by atoms with Crippen molar-refractivity contribution in [1.82, 2.24) is 3.97 Å². The van der Waals surface area contributed by atoms with Crippen molar-refractivity contribution in [3.05, 3.63) is 23.0 Å². The second-order valence-electron chi connectivity index (χ2n) is 3.15. The molecule has 0 saturated heterocycles. The predicted octanol–water partition coefficient (Wildman–Crippen LogP) is 0.611. The molecule has 1 aromatic rings. The van der Waals surface area contributed by atoms with Gasteiger partial charge >= 0.3 is 5.97 Å². The molecule has 0 aliphatic carbocycles. The Morgan fingerprint density at radius 1 is 1.43 bits per heavy atom. The molecule has 0 bridgehead atoms. The van der Waals surface area contributed by atoms with Gasteiger partial charge in [0.2, 0.25) is 10.0 Å². The highest BCUT2D eigenvalue weighted by Gasteiger charge is 2.21. The number of aromatic carboxylic acids is 1. The standard InChI is InChI=1S/C8H11NO4S/c1-5-4-6(2)9(14(3,12)13)7(5)8(10)11/h4H,1-3H3,(H,10,11). The number of rotatable bonds is 2. The normalized spacial score (nSPS) is 11.6. The van der Waals surface area contributed by atoms with Crippen molar-refractivity contribution in [2.24, 2.45) is 0 Å². The van der Waals surface area contributed by atoms with Crippen LogP contribution in [0.15, 0.2) is 6.07 Å². The Balaban J connectivity index is 3.65. The fourth-order valence-corrected chi connectivity index (χ4v) is 2.59. The van der Waals surface area contributed by atoms with E-state index in [1.165, 1.54) is 6.07 Å². The minimum atomic E-state index is -3.55. The highest BCUT2D eigenvalue weighted by atomic mass is 32.2. The van der Waals surface area contributed by atoms with E-state index in [1.807, 2.05) is 0 Å². The molecule has 0 atom stereocenters. The molecule has 0 radical (unpaired) electrons. The van der Waals surface area contributed by atoms with Crippen molar-refractivity contribution < 1.29 is 18.3 Å². The van der Waals surface area contributed by atoms with Gasteiger partial charge in [-0.2, -0.15) is 0 Å². The van der Waals surface area contributed by atoms with Crippen LogP contribution in [-0.2, 0) is 10.0 Å². The van der Waals surface area contributed by atoms with Crippen LogP contribution in [0.2, 0.25) is 0 Å². The van der Waals surface area contributed by atoms with Crippen LogP contribution in [-0.4, -0.2) is 29.7 Å². The van der Waals surface area contributed by atoms with E-state index in [0.29, 0.717) is 11.3 Å². The molecule has 0 fully saturated rings. The zero-order chi connectivity index (χ0) is 11.1. The quantitative estimate of drug-likeness (QED) is 0.787. The second-order valence-corrected chi connectivity index (χ2v) is 4.98. The number of carbonyl (C=O) groups is 1. The first-order valence-corrected chi connectivity index (χ1v) is 5.72. The topological polar surface area (TPSA) is 76.4 Å². The van der Waals surface area contributed by atoms with Crippen LogP contribution in [0.3, 0.4) is 0 Å². The van der Waals surface area contributed by atoms with Crippen LogP contribution in [0.1, 0.15) is 21.7 Å². The lowest BCUT2D eigenvalue weighted by atomic mass is 10.3. The molecule has 0 amide bonds. The van der Waals surface area contributed by atoms with Crippen molar-refractivity contribution in [3.63, 3.8) is 0 Å². The Hall–Kier alpha value is -1.30. The number of aryl methyl sites for hydroxylation is 2. The van der Waals surface area contributed by atoms with Crippen molar-refractivity contribution in [2.45, 2.75) is 13.8 Å². The number of aromatic nitrogens is 1. The summed E-state index contributed by atoms with van der Waals surface area (Å²) < 4.78 is 23.4. The molecule has 1 N–H and O–H groups in total. The number of hydrogen-bond acceptors (Lipinski definition) is 3. The van der Waals surface area contributed by atoms with E-state index in [4.69, 9.17) is 5.11 Å². The molecule has 0 aromatic carbocycles. The molecular formula is C8H11NO4S. The Kier molecular flexibility index (Phi) is 2.41. The Morgan fingerprint density at radius 2 is 1.93 bits per heavy atom. The maximum absolute atomic E-state index is 11.3. The van der Waals surface area contributed by atoms with E-state index in [1.54, 1.807) is 13.8 Å². The molecule has 78 valence electrons. The molecule has 5 nitrogen and oxygen atoms in total. The second kappa shape index (κ2) is 3.13. The van der Waals surface area contributed by atoms with Crippen molar-refractivity contribution >= 4 is 16.0 Å². The Morgan fingerprint density at radius 3 is 2.21 bits per heavy atom. The molecule has 1 heterocycles. The van der Waals surface area contributed by atoms with E-state index in [-0.39, 0.29) is 5.69 Å². The number of carboxylic acids is 1. The summed E-state index contributed by atoms with van der Waals surface area (Å²) in [5.41, 5.74) is 0.660. The SMILES string of the molecule is Cc1cc(C)n(S(C)(=O)=O)c1C(=O)O. The van der Waals surface area contributed by atoms with Gasteiger partial charge in [0.1, 0.15) is 5.69 Å². The third-order valence-electron chi connectivity index (χ3n) is 1.86. The molecule has 0 unspecified atom stereocenters. The van der Waals surface area contributed by atoms with E-state index >= 15 is 0 Å². The van der Waals surface area contributed by atoms with Crippen molar-refractivity contribution in [2.75, 3.05) is 6.26 Å². The minimum absolute atomic E-state index is 0.190. The largest absolute Gasteiger partial charge is 0.477 e. The summed E-state index contributed by atoms with van der Waals surface area (Å²) in [6, 6.07) is 1.53. The summed E-state index contributed by atoms with van der Waals surface area (Å²) in [4.78, 5) is 10.8. The smallest absolute Gasteiger partial charge is 0.353 e. The van der Waals surface area contributed by atoms with E-state index in [9.17, 15) is 13.2 Å².